The highest BCUT2D eigenvalue weighted by molar-refractivity contribution is 5.97. The third kappa shape index (κ3) is 2.30. The van der Waals surface area contributed by atoms with Crippen LogP contribution in [0.15, 0.2) is 16.9 Å². The summed E-state index contributed by atoms with van der Waals surface area (Å²) in [6, 6.07) is 2.34. The van der Waals surface area contributed by atoms with E-state index >= 15 is 4.39 Å². The second kappa shape index (κ2) is 5.94. The monoisotopic (exact) mass is 387 g/mol. The van der Waals surface area contributed by atoms with Crippen LogP contribution in [0, 0.1) is 17.7 Å². The first-order chi connectivity index (χ1) is 13.4. The highest BCUT2D eigenvalue weighted by atomic mass is 19.1. The van der Waals surface area contributed by atoms with E-state index in [-0.39, 0.29) is 24.3 Å². The molecule has 1 aliphatic carbocycles. The van der Waals surface area contributed by atoms with Gasteiger partial charge in [-0.15, -0.1) is 0 Å². The highest BCUT2D eigenvalue weighted by Gasteiger charge is 2.43. The number of hydrogen-bond acceptors (Lipinski definition) is 5. The van der Waals surface area contributed by atoms with Crippen molar-refractivity contribution in [1.29, 1.82) is 0 Å². The summed E-state index contributed by atoms with van der Waals surface area (Å²) in [7, 11) is 0. The molecule has 0 radical (unpaired) electrons. The largest absolute Gasteiger partial charge is 0.487 e. The summed E-state index contributed by atoms with van der Waals surface area (Å²) in [4.78, 5) is 26.2. The summed E-state index contributed by atoms with van der Waals surface area (Å²) in [5.41, 5.74) is 6.10. The Hall–Kier alpha value is -2.61. The Labute approximate surface area is 160 Å². The average Bonchev–Trinajstić information content (AvgIpc) is 3.20. The first-order valence-corrected chi connectivity index (χ1v) is 9.65. The van der Waals surface area contributed by atoms with Crippen LogP contribution >= 0.6 is 0 Å². The van der Waals surface area contributed by atoms with Gasteiger partial charge >= 0.3 is 5.97 Å². The number of pyridine rings is 1. The fraction of sp³-hybridized carbons (Fsp3) is 0.500. The number of nitrogens with zero attached hydrogens (tertiary/aromatic N) is 2. The van der Waals surface area contributed by atoms with E-state index in [1.165, 1.54) is 16.7 Å². The maximum Gasteiger partial charge on any atom is 0.341 e. The highest BCUT2D eigenvalue weighted by Crippen LogP contribution is 2.46. The number of halogens is 1. The SMILES string of the molecule is C[C@H]1COc2c(N3CC4CCC(N)C4C3)c(F)cc3cc(C(=O)O)c(=O)n1c23. The molecule has 0 spiro atoms. The van der Waals surface area contributed by atoms with Crippen molar-refractivity contribution < 1.29 is 19.0 Å². The summed E-state index contributed by atoms with van der Waals surface area (Å²) >= 11 is 0. The Morgan fingerprint density at radius 2 is 2.11 bits per heavy atom. The number of carboxylic acids is 1. The molecule has 2 fully saturated rings. The summed E-state index contributed by atoms with van der Waals surface area (Å²) in [6.07, 6.45) is 2.04. The number of aromatic carboxylic acids is 1. The lowest BCUT2D eigenvalue weighted by Gasteiger charge is -2.31. The molecule has 28 heavy (non-hydrogen) atoms. The first-order valence-electron chi connectivity index (χ1n) is 9.65. The quantitative estimate of drug-likeness (QED) is 0.818. The van der Waals surface area contributed by atoms with E-state index in [4.69, 9.17) is 10.5 Å². The molecule has 3 unspecified atom stereocenters. The second-order valence-electron chi connectivity index (χ2n) is 8.24. The molecular formula is C20H22FN3O4. The molecule has 148 valence electrons. The molecule has 3 heterocycles. The molecule has 1 saturated heterocycles. The van der Waals surface area contributed by atoms with Crippen LogP contribution in [-0.2, 0) is 0 Å². The smallest absolute Gasteiger partial charge is 0.341 e. The third-order valence-corrected chi connectivity index (χ3v) is 6.57. The Balaban J connectivity index is 1.73. The number of rotatable bonds is 2. The molecule has 3 aliphatic rings. The van der Waals surface area contributed by atoms with Gasteiger partial charge in [0.1, 0.15) is 17.9 Å². The zero-order valence-corrected chi connectivity index (χ0v) is 15.5. The Morgan fingerprint density at radius 1 is 1.32 bits per heavy atom. The van der Waals surface area contributed by atoms with Gasteiger partial charge in [-0.05, 0) is 43.7 Å². The number of aromatic nitrogens is 1. The van der Waals surface area contributed by atoms with Crippen LogP contribution in [0.5, 0.6) is 5.75 Å². The Bertz CT molecular complexity index is 1070. The van der Waals surface area contributed by atoms with Gasteiger partial charge in [0.25, 0.3) is 5.56 Å². The van der Waals surface area contributed by atoms with Crippen LogP contribution in [0.4, 0.5) is 10.1 Å². The summed E-state index contributed by atoms with van der Waals surface area (Å²) in [5.74, 6) is -0.678. The van der Waals surface area contributed by atoms with Crippen molar-refractivity contribution in [1.82, 2.24) is 4.57 Å². The topological polar surface area (TPSA) is 97.8 Å². The number of fused-ring (bicyclic) bond motifs is 1. The molecule has 7 nitrogen and oxygen atoms in total. The number of carboxylic acid groups (broad SMARTS) is 1. The van der Waals surface area contributed by atoms with Crippen molar-refractivity contribution in [2.24, 2.45) is 17.6 Å². The number of hydrogen-bond donors (Lipinski definition) is 2. The molecule has 8 heteroatoms. The van der Waals surface area contributed by atoms with Crippen LogP contribution in [-0.4, -0.2) is 41.4 Å². The fourth-order valence-corrected chi connectivity index (χ4v) is 5.21. The van der Waals surface area contributed by atoms with Crippen LogP contribution < -0.4 is 20.9 Å². The van der Waals surface area contributed by atoms with E-state index < -0.39 is 17.3 Å². The summed E-state index contributed by atoms with van der Waals surface area (Å²) < 4.78 is 22.5. The van der Waals surface area contributed by atoms with E-state index in [1.807, 2.05) is 4.90 Å². The zero-order chi connectivity index (χ0) is 19.7. The lowest BCUT2D eigenvalue weighted by atomic mass is 9.98. The molecule has 0 bridgehead atoms. The second-order valence-corrected chi connectivity index (χ2v) is 8.24. The van der Waals surface area contributed by atoms with Crippen molar-refractivity contribution in [3.8, 4) is 5.75 Å². The lowest BCUT2D eigenvalue weighted by molar-refractivity contribution is 0.0694. The zero-order valence-electron chi connectivity index (χ0n) is 15.5. The molecular weight excluding hydrogens is 365 g/mol. The van der Waals surface area contributed by atoms with Crippen molar-refractivity contribution >= 4 is 22.6 Å². The van der Waals surface area contributed by atoms with Gasteiger partial charge in [-0.3, -0.25) is 9.36 Å². The van der Waals surface area contributed by atoms with E-state index in [9.17, 15) is 14.7 Å². The Morgan fingerprint density at radius 3 is 2.82 bits per heavy atom. The molecule has 3 N–H and O–H groups in total. The normalized spacial score (nSPS) is 28.5. The van der Waals surface area contributed by atoms with Gasteiger partial charge in [-0.2, -0.15) is 0 Å². The van der Waals surface area contributed by atoms with Crippen molar-refractivity contribution in [2.75, 3.05) is 24.6 Å². The minimum absolute atomic E-state index is 0.132. The number of nitrogens with two attached hydrogens (primary N) is 1. The standard InChI is InChI=1S/C20H22FN3O4/c1-9-8-28-18-16-11(4-12(20(26)27)19(25)24(9)16)5-14(21)17(18)23-6-10-2-3-15(22)13(10)7-23/h4-5,9-10,13,15H,2-3,6-8,22H2,1H3,(H,26,27)/t9-,10?,13?,15?/m0/s1. The molecule has 0 amide bonds. The molecule has 2 aliphatic heterocycles. The van der Waals surface area contributed by atoms with Gasteiger partial charge in [0, 0.05) is 24.5 Å². The maximum atomic E-state index is 15.2. The van der Waals surface area contributed by atoms with Crippen LogP contribution in [0.25, 0.3) is 10.9 Å². The molecule has 4 atom stereocenters. The third-order valence-electron chi connectivity index (χ3n) is 6.57. The van der Waals surface area contributed by atoms with Gasteiger partial charge in [0.05, 0.1) is 11.6 Å². The van der Waals surface area contributed by atoms with Crippen molar-refractivity contribution in [3.05, 3.63) is 33.9 Å². The number of anilines is 1. The number of ether oxygens (including phenoxy) is 1. The van der Waals surface area contributed by atoms with E-state index in [0.717, 1.165) is 12.8 Å². The average molecular weight is 387 g/mol. The van der Waals surface area contributed by atoms with Gasteiger partial charge in [0.15, 0.2) is 11.6 Å². The Kier molecular flexibility index (Phi) is 3.71. The van der Waals surface area contributed by atoms with E-state index in [0.29, 0.717) is 47.3 Å². The molecule has 5 rings (SSSR count). The van der Waals surface area contributed by atoms with Gasteiger partial charge in [-0.1, -0.05) is 0 Å². The number of carbonyl (C=O) groups is 1. The number of benzene rings is 1. The van der Waals surface area contributed by atoms with Gasteiger partial charge in [-0.25, -0.2) is 9.18 Å². The summed E-state index contributed by atoms with van der Waals surface area (Å²) in [5, 5.41) is 9.73. The molecule has 1 saturated carbocycles. The lowest BCUT2D eigenvalue weighted by Crippen LogP contribution is -2.35. The summed E-state index contributed by atoms with van der Waals surface area (Å²) in [6.45, 7) is 3.35. The van der Waals surface area contributed by atoms with Crippen LogP contribution in [0.2, 0.25) is 0 Å². The predicted molar refractivity (Wildman–Crippen MR) is 102 cm³/mol. The van der Waals surface area contributed by atoms with Gasteiger partial charge in [0.2, 0.25) is 0 Å². The van der Waals surface area contributed by atoms with Crippen molar-refractivity contribution in [3.63, 3.8) is 0 Å². The minimum Gasteiger partial charge on any atom is -0.487 e. The predicted octanol–water partition coefficient (Wildman–Crippen LogP) is 1.97. The minimum atomic E-state index is -1.32. The van der Waals surface area contributed by atoms with E-state index in [1.54, 1.807) is 6.92 Å². The molecule has 2 aromatic rings. The van der Waals surface area contributed by atoms with Gasteiger partial charge < -0.3 is 20.5 Å². The van der Waals surface area contributed by atoms with Crippen LogP contribution in [0.3, 0.4) is 0 Å². The maximum absolute atomic E-state index is 15.2. The fourth-order valence-electron chi connectivity index (χ4n) is 5.21. The first kappa shape index (κ1) is 17.5. The van der Waals surface area contributed by atoms with E-state index in [2.05, 4.69) is 0 Å². The van der Waals surface area contributed by atoms with Crippen LogP contribution in [0.1, 0.15) is 36.2 Å². The molecule has 1 aromatic carbocycles. The van der Waals surface area contributed by atoms with Crippen molar-refractivity contribution in [2.45, 2.75) is 31.8 Å². The molecule has 1 aromatic heterocycles.